The molecule has 0 saturated carbocycles. The topological polar surface area (TPSA) is 84.0 Å². The van der Waals surface area contributed by atoms with Crippen LogP contribution in [-0.2, 0) is 0 Å². The van der Waals surface area contributed by atoms with Crippen molar-refractivity contribution in [1.29, 1.82) is 0 Å². The summed E-state index contributed by atoms with van der Waals surface area (Å²) in [6.07, 6.45) is 1.76. The molecule has 0 aromatic carbocycles. The van der Waals surface area contributed by atoms with Crippen LogP contribution in [-0.4, -0.2) is 50.4 Å². The van der Waals surface area contributed by atoms with E-state index in [0.29, 0.717) is 18.0 Å². The molecule has 0 radical (unpaired) electrons. The van der Waals surface area contributed by atoms with E-state index < -0.39 is 0 Å². The Kier molecular flexibility index (Phi) is 4.27. The molecular weight excluding hydrogens is 294 g/mol. The Morgan fingerprint density at radius 3 is 2.78 bits per heavy atom. The van der Waals surface area contributed by atoms with Crippen LogP contribution in [0.4, 0.5) is 0 Å². The van der Waals surface area contributed by atoms with E-state index >= 15 is 0 Å². The maximum absolute atomic E-state index is 12.7. The van der Waals surface area contributed by atoms with Crippen molar-refractivity contribution in [3.8, 4) is 5.88 Å². The average Bonchev–Trinajstić information content (AvgIpc) is 2.88. The van der Waals surface area contributed by atoms with Crippen molar-refractivity contribution >= 4 is 5.91 Å². The number of nitrogens with zero attached hydrogens (tertiary/aromatic N) is 4. The fraction of sp³-hybridized carbons (Fsp3) is 0.500. The van der Waals surface area contributed by atoms with Crippen LogP contribution in [0.15, 0.2) is 12.1 Å². The Morgan fingerprint density at radius 2 is 2.13 bits per heavy atom. The minimum absolute atomic E-state index is 0.0111. The third-order valence-electron chi connectivity index (χ3n) is 4.07. The number of rotatable bonds is 3. The molecule has 0 spiro atoms. The smallest absolute Gasteiger partial charge is 0.257 e. The minimum atomic E-state index is -0.0581. The van der Waals surface area contributed by atoms with Gasteiger partial charge in [-0.2, -0.15) is 10.2 Å². The van der Waals surface area contributed by atoms with Crippen LogP contribution in [0.25, 0.3) is 0 Å². The summed E-state index contributed by atoms with van der Waals surface area (Å²) in [4.78, 5) is 14.6. The maximum atomic E-state index is 12.7. The number of carbonyl (C=O) groups is 1. The van der Waals surface area contributed by atoms with E-state index in [0.717, 1.165) is 36.5 Å². The summed E-state index contributed by atoms with van der Waals surface area (Å²) in [6, 6.07) is 3.68. The fourth-order valence-corrected chi connectivity index (χ4v) is 2.86. The lowest BCUT2D eigenvalue weighted by Crippen LogP contribution is -2.44. The molecule has 122 valence electrons. The molecule has 7 nitrogen and oxygen atoms in total. The zero-order chi connectivity index (χ0) is 16.4. The van der Waals surface area contributed by atoms with E-state index in [1.807, 2.05) is 37.8 Å². The van der Waals surface area contributed by atoms with Gasteiger partial charge < -0.3 is 9.64 Å². The van der Waals surface area contributed by atoms with Crippen LogP contribution in [0.5, 0.6) is 5.88 Å². The molecule has 1 atom stereocenters. The highest BCUT2D eigenvalue weighted by atomic mass is 16.5. The molecule has 1 fully saturated rings. The van der Waals surface area contributed by atoms with Crippen LogP contribution in [0.1, 0.15) is 40.3 Å². The van der Waals surface area contributed by atoms with Crippen LogP contribution >= 0.6 is 0 Å². The molecule has 1 amide bonds. The normalized spacial score (nSPS) is 18.0. The Bertz CT molecular complexity index is 675. The van der Waals surface area contributed by atoms with E-state index in [2.05, 4.69) is 20.4 Å². The van der Waals surface area contributed by atoms with Crippen molar-refractivity contribution in [3.05, 3.63) is 34.8 Å². The number of aromatic amines is 1. The second-order valence-electron chi connectivity index (χ2n) is 5.96. The number of carbonyl (C=O) groups excluding carboxylic acids is 1. The van der Waals surface area contributed by atoms with E-state index in [4.69, 9.17) is 4.74 Å². The van der Waals surface area contributed by atoms with Crippen molar-refractivity contribution in [3.63, 3.8) is 0 Å². The summed E-state index contributed by atoms with van der Waals surface area (Å²) in [6.45, 7) is 6.89. The van der Waals surface area contributed by atoms with Crippen LogP contribution in [0.3, 0.4) is 0 Å². The van der Waals surface area contributed by atoms with Crippen molar-refractivity contribution in [2.75, 3.05) is 13.1 Å². The highest BCUT2D eigenvalue weighted by molar-refractivity contribution is 5.96. The average molecular weight is 315 g/mol. The molecule has 2 aromatic rings. The van der Waals surface area contributed by atoms with Gasteiger partial charge in [0, 0.05) is 18.3 Å². The highest BCUT2D eigenvalue weighted by Gasteiger charge is 2.28. The molecule has 2 aromatic heterocycles. The van der Waals surface area contributed by atoms with Gasteiger partial charge in [-0.05, 0) is 39.7 Å². The summed E-state index contributed by atoms with van der Waals surface area (Å²) in [5.74, 6) is 0.516. The molecule has 23 heavy (non-hydrogen) atoms. The zero-order valence-electron chi connectivity index (χ0n) is 13.7. The van der Waals surface area contributed by atoms with Gasteiger partial charge in [0.05, 0.1) is 23.5 Å². The molecule has 3 heterocycles. The first-order valence-electron chi connectivity index (χ1n) is 7.82. The number of hydrogen-bond acceptors (Lipinski definition) is 5. The van der Waals surface area contributed by atoms with Gasteiger partial charge in [-0.25, -0.2) is 0 Å². The van der Waals surface area contributed by atoms with E-state index in [1.54, 1.807) is 0 Å². The van der Waals surface area contributed by atoms with Gasteiger partial charge >= 0.3 is 0 Å². The van der Waals surface area contributed by atoms with E-state index in [9.17, 15) is 4.79 Å². The third-order valence-corrected chi connectivity index (χ3v) is 4.07. The van der Waals surface area contributed by atoms with Gasteiger partial charge in [0.15, 0.2) is 0 Å². The molecule has 1 aliphatic heterocycles. The number of piperidine rings is 1. The number of likely N-dealkylation sites (tertiary alicyclic amines) is 1. The molecule has 0 unspecified atom stereocenters. The highest BCUT2D eigenvalue weighted by Crippen LogP contribution is 2.20. The minimum Gasteiger partial charge on any atom is -0.471 e. The van der Waals surface area contributed by atoms with Gasteiger partial charge in [0.1, 0.15) is 6.10 Å². The van der Waals surface area contributed by atoms with Gasteiger partial charge in [0.2, 0.25) is 5.88 Å². The number of aryl methyl sites for hydroxylation is 3. The number of H-pyrrole nitrogens is 1. The van der Waals surface area contributed by atoms with Crippen molar-refractivity contribution in [2.45, 2.75) is 39.7 Å². The Morgan fingerprint density at radius 1 is 1.30 bits per heavy atom. The van der Waals surface area contributed by atoms with E-state index in [-0.39, 0.29) is 12.0 Å². The second-order valence-corrected chi connectivity index (χ2v) is 5.96. The predicted molar refractivity (Wildman–Crippen MR) is 84.4 cm³/mol. The van der Waals surface area contributed by atoms with Crippen molar-refractivity contribution in [2.24, 2.45) is 0 Å². The largest absolute Gasteiger partial charge is 0.471 e. The molecule has 1 aliphatic rings. The van der Waals surface area contributed by atoms with Gasteiger partial charge in [-0.1, -0.05) is 0 Å². The quantitative estimate of drug-likeness (QED) is 0.934. The Balaban J connectivity index is 1.68. The number of amides is 1. The maximum Gasteiger partial charge on any atom is 0.257 e. The van der Waals surface area contributed by atoms with Gasteiger partial charge in [-0.3, -0.25) is 9.89 Å². The lowest BCUT2D eigenvalue weighted by Gasteiger charge is -2.32. The Labute approximate surface area is 135 Å². The lowest BCUT2D eigenvalue weighted by atomic mass is 10.1. The first-order chi connectivity index (χ1) is 11.0. The summed E-state index contributed by atoms with van der Waals surface area (Å²) in [5, 5.41) is 15.0. The summed E-state index contributed by atoms with van der Waals surface area (Å²) in [5.41, 5.74) is 3.06. The molecule has 1 N–H and O–H groups in total. The van der Waals surface area contributed by atoms with E-state index in [1.165, 1.54) is 0 Å². The summed E-state index contributed by atoms with van der Waals surface area (Å²) < 4.78 is 5.88. The van der Waals surface area contributed by atoms with Crippen LogP contribution in [0, 0.1) is 20.8 Å². The number of ether oxygens (including phenoxy) is 1. The number of aromatic nitrogens is 4. The molecule has 7 heteroatoms. The number of nitrogens with one attached hydrogen (secondary N) is 1. The fourth-order valence-electron chi connectivity index (χ4n) is 2.86. The first kappa shape index (κ1) is 15.5. The number of hydrogen-bond donors (Lipinski definition) is 1. The molecule has 0 bridgehead atoms. The van der Waals surface area contributed by atoms with Crippen LogP contribution < -0.4 is 4.74 Å². The molecular formula is C16H21N5O2. The molecule has 0 aliphatic carbocycles. The SMILES string of the molecule is Cc1ccc(O[C@@H]2CCCN(C(=O)c3c(C)n[nH]c3C)C2)nn1. The van der Waals surface area contributed by atoms with Gasteiger partial charge in [0.25, 0.3) is 5.91 Å². The van der Waals surface area contributed by atoms with Crippen molar-refractivity contribution < 1.29 is 9.53 Å². The van der Waals surface area contributed by atoms with Crippen LogP contribution in [0.2, 0.25) is 0 Å². The third kappa shape index (κ3) is 3.33. The first-order valence-corrected chi connectivity index (χ1v) is 7.82. The second kappa shape index (κ2) is 6.36. The zero-order valence-corrected chi connectivity index (χ0v) is 13.7. The lowest BCUT2D eigenvalue weighted by molar-refractivity contribution is 0.0524. The summed E-state index contributed by atoms with van der Waals surface area (Å²) >= 11 is 0. The standard InChI is InChI=1S/C16H21N5O2/c1-10-6-7-14(20-17-10)23-13-5-4-8-21(9-13)16(22)15-11(2)18-19-12(15)3/h6-7,13H,4-5,8-9H2,1-3H3,(H,18,19)/t13-/m1/s1. The summed E-state index contributed by atoms with van der Waals surface area (Å²) in [7, 11) is 0. The van der Waals surface area contributed by atoms with Crippen molar-refractivity contribution in [1.82, 2.24) is 25.3 Å². The molecule has 1 saturated heterocycles. The predicted octanol–water partition coefficient (Wildman–Crippen LogP) is 1.81. The Hall–Kier alpha value is -2.44. The van der Waals surface area contributed by atoms with Gasteiger partial charge in [-0.15, -0.1) is 5.10 Å². The molecule has 3 rings (SSSR count). The monoisotopic (exact) mass is 315 g/mol.